The average molecular weight is 329 g/mol. The van der Waals surface area contributed by atoms with Crippen LogP contribution in [0.4, 0.5) is 9.18 Å². The van der Waals surface area contributed by atoms with Crippen LogP contribution in [0.15, 0.2) is 48.8 Å². The molecule has 126 valence electrons. The molecule has 2 heterocycles. The number of hydrogen-bond acceptors (Lipinski definition) is 3. The van der Waals surface area contributed by atoms with E-state index in [9.17, 15) is 9.18 Å². The lowest BCUT2D eigenvalue weighted by Gasteiger charge is -2.25. The fourth-order valence-electron chi connectivity index (χ4n) is 2.80. The van der Waals surface area contributed by atoms with Crippen molar-refractivity contribution in [1.82, 2.24) is 15.6 Å². The highest BCUT2D eigenvalue weighted by Crippen LogP contribution is 2.27. The molecular weight excluding hydrogens is 309 g/mol. The Labute approximate surface area is 140 Å². The van der Waals surface area contributed by atoms with Gasteiger partial charge in [-0.1, -0.05) is 18.2 Å². The molecule has 0 saturated carbocycles. The van der Waals surface area contributed by atoms with E-state index in [1.165, 1.54) is 12.1 Å². The van der Waals surface area contributed by atoms with Gasteiger partial charge in [0.05, 0.1) is 12.1 Å². The predicted octanol–water partition coefficient (Wildman–Crippen LogP) is 2.94. The van der Waals surface area contributed by atoms with Crippen LogP contribution in [0.3, 0.4) is 0 Å². The first-order valence-corrected chi connectivity index (χ1v) is 8.03. The molecule has 1 aliphatic heterocycles. The highest BCUT2D eigenvalue weighted by atomic mass is 19.1. The minimum absolute atomic E-state index is 0.0976. The molecule has 1 fully saturated rings. The Morgan fingerprint density at radius 1 is 1.33 bits per heavy atom. The van der Waals surface area contributed by atoms with E-state index in [2.05, 4.69) is 15.6 Å². The summed E-state index contributed by atoms with van der Waals surface area (Å²) in [4.78, 5) is 16.3. The first-order chi connectivity index (χ1) is 11.7. The van der Waals surface area contributed by atoms with Crippen LogP contribution in [0.5, 0.6) is 0 Å². The summed E-state index contributed by atoms with van der Waals surface area (Å²) in [6.07, 6.45) is 5.12. The molecular formula is C18H20FN3O2. The number of urea groups is 1. The van der Waals surface area contributed by atoms with E-state index in [0.717, 1.165) is 24.0 Å². The van der Waals surface area contributed by atoms with Crippen LogP contribution in [0, 0.1) is 5.82 Å². The molecule has 1 aliphatic rings. The Hall–Kier alpha value is -2.47. The van der Waals surface area contributed by atoms with Crippen LogP contribution in [-0.2, 0) is 11.3 Å². The van der Waals surface area contributed by atoms with Crippen molar-refractivity contribution in [3.05, 3.63) is 65.7 Å². The third-order valence-corrected chi connectivity index (χ3v) is 4.03. The maximum absolute atomic E-state index is 13.2. The van der Waals surface area contributed by atoms with Crippen LogP contribution >= 0.6 is 0 Å². The average Bonchev–Trinajstić information content (AvgIpc) is 3.14. The molecule has 0 spiro atoms. The number of carbonyl (C=O) groups is 1. The third kappa shape index (κ3) is 4.29. The molecule has 5 nitrogen and oxygen atoms in total. The Morgan fingerprint density at radius 2 is 2.17 bits per heavy atom. The molecule has 24 heavy (non-hydrogen) atoms. The minimum atomic E-state index is -0.304. The number of nitrogens with zero attached hydrogens (tertiary/aromatic N) is 1. The number of hydrogen-bond donors (Lipinski definition) is 2. The first kappa shape index (κ1) is 16.4. The van der Waals surface area contributed by atoms with Gasteiger partial charge in [-0.3, -0.25) is 4.98 Å². The summed E-state index contributed by atoms with van der Waals surface area (Å²) in [6.45, 7) is 1.07. The Morgan fingerprint density at radius 3 is 2.83 bits per heavy atom. The van der Waals surface area contributed by atoms with Gasteiger partial charge in [0.1, 0.15) is 5.82 Å². The van der Waals surface area contributed by atoms with Gasteiger partial charge >= 0.3 is 6.03 Å². The lowest BCUT2D eigenvalue weighted by molar-refractivity contribution is 0.0807. The molecule has 2 atom stereocenters. The minimum Gasteiger partial charge on any atom is -0.376 e. The largest absolute Gasteiger partial charge is 0.376 e. The van der Waals surface area contributed by atoms with Gasteiger partial charge < -0.3 is 15.4 Å². The summed E-state index contributed by atoms with van der Waals surface area (Å²) in [6, 6.07) is 9.28. The molecule has 2 unspecified atom stereocenters. The molecule has 0 bridgehead atoms. The van der Waals surface area contributed by atoms with E-state index in [1.807, 2.05) is 12.1 Å². The van der Waals surface area contributed by atoms with Gasteiger partial charge in [0.25, 0.3) is 0 Å². The van der Waals surface area contributed by atoms with E-state index >= 15 is 0 Å². The van der Waals surface area contributed by atoms with Crippen molar-refractivity contribution in [3.63, 3.8) is 0 Å². The van der Waals surface area contributed by atoms with Gasteiger partial charge in [-0.2, -0.15) is 0 Å². The number of aromatic nitrogens is 1. The first-order valence-electron chi connectivity index (χ1n) is 8.03. The number of amides is 2. The highest BCUT2D eigenvalue weighted by Gasteiger charge is 2.28. The Balaban J connectivity index is 1.64. The van der Waals surface area contributed by atoms with Crippen molar-refractivity contribution in [2.75, 3.05) is 6.61 Å². The molecule has 1 saturated heterocycles. The van der Waals surface area contributed by atoms with Crippen molar-refractivity contribution in [2.45, 2.75) is 31.5 Å². The number of rotatable bonds is 5. The number of benzene rings is 1. The maximum atomic E-state index is 13.2. The standard InChI is InChI=1S/C18H20FN3O2/c19-15-7-5-14(6-8-15)17(16-4-2-10-24-16)22-18(23)21-12-13-3-1-9-20-11-13/h1,3,5-9,11,16-17H,2,4,10,12H2,(H2,21,22,23). The molecule has 2 N–H and O–H groups in total. The van der Waals surface area contributed by atoms with Crippen molar-refractivity contribution in [3.8, 4) is 0 Å². The molecule has 6 heteroatoms. The second-order valence-corrected chi connectivity index (χ2v) is 5.77. The topological polar surface area (TPSA) is 63.2 Å². The fraction of sp³-hybridized carbons (Fsp3) is 0.333. The van der Waals surface area contributed by atoms with Crippen LogP contribution in [0.25, 0.3) is 0 Å². The van der Waals surface area contributed by atoms with Gasteiger partial charge in [0, 0.05) is 25.5 Å². The summed E-state index contributed by atoms with van der Waals surface area (Å²) in [5.74, 6) is -0.300. The molecule has 3 rings (SSSR count). The second kappa shape index (κ2) is 7.88. The SMILES string of the molecule is O=C(NCc1cccnc1)NC(c1ccc(F)cc1)C1CCCO1. The molecule has 1 aromatic heterocycles. The van der Waals surface area contributed by atoms with Gasteiger partial charge in [-0.15, -0.1) is 0 Å². The van der Waals surface area contributed by atoms with Gasteiger partial charge in [0.2, 0.25) is 0 Å². The molecule has 2 amide bonds. The van der Waals surface area contributed by atoms with Crippen LogP contribution in [0.2, 0.25) is 0 Å². The second-order valence-electron chi connectivity index (χ2n) is 5.77. The summed E-state index contributed by atoms with van der Waals surface area (Å²) < 4.78 is 18.9. The quantitative estimate of drug-likeness (QED) is 0.886. The molecule has 0 radical (unpaired) electrons. The molecule has 2 aromatic rings. The monoisotopic (exact) mass is 329 g/mol. The zero-order valence-electron chi connectivity index (χ0n) is 13.2. The highest BCUT2D eigenvalue weighted by molar-refractivity contribution is 5.74. The van der Waals surface area contributed by atoms with Gasteiger partial charge in [-0.05, 0) is 42.2 Å². The number of halogens is 1. The summed E-state index contributed by atoms with van der Waals surface area (Å²) in [7, 11) is 0. The summed E-state index contributed by atoms with van der Waals surface area (Å²) in [5.41, 5.74) is 1.75. The number of carbonyl (C=O) groups excluding carboxylic acids is 1. The lowest BCUT2D eigenvalue weighted by atomic mass is 9.99. The van der Waals surface area contributed by atoms with E-state index < -0.39 is 0 Å². The number of pyridine rings is 1. The van der Waals surface area contributed by atoms with Crippen LogP contribution < -0.4 is 10.6 Å². The number of ether oxygens (including phenoxy) is 1. The van der Waals surface area contributed by atoms with E-state index in [-0.39, 0.29) is 24.0 Å². The Bertz CT molecular complexity index is 658. The summed E-state index contributed by atoms with van der Waals surface area (Å²) >= 11 is 0. The van der Waals surface area contributed by atoms with Crippen LogP contribution in [0.1, 0.15) is 30.0 Å². The van der Waals surface area contributed by atoms with Gasteiger partial charge in [-0.25, -0.2) is 9.18 Å². The molecule has 1 aromatic carbocycles. The predicted molar refractivity (Wildman–Crippen MR) is 87.7 cm³/mol. The summed E-state index contributed by atoms with van der Waals surface area (Å²) in [5, 5.41) is 5.76. The third-order valence-electron chi connectivity index (χ3n) is 4.03. The van der Waals surface area contributed by atoms with E-state index in [1.54, 1.807) is 24.5 Å². The van der Waals surface area contributed by atoms with E-state index in [0.29, 0.717) is 13.2 Å². The van der Waals surface area contributed by atoms with Crippen molar-refractivity contribution >= 4 is 6.03 Å². The smallest absolute Gasteiger partial charge is 0.315 e. The van der Waals surface area contributed by atoms with Crippen molar-refractivity contribution in [1.29, 1.82) is 0 Å². The van der Waals surface area contributed by atoms with Crippen molar-refractivity contribution in [2.24, 2.45) is 0 Å². The Kier molecular flexibility index (Phi) is 5.38. The normalized spacial score (nSPS) is 18.1. The van der Waals surface area contributed by atoms with Crippen molar-refractivity contribution < 1.29 is 13.9 Å². The van der Waals surface area contributed by atoms with Gasteiger partial charge in [0.15, 0.2) is 0 Å². The zero-order valence-corrected chi connectivity index (χ0v) is 13.2. The fourth-order valence-corrected chi connectivity index (χ4v) is 2.80. The number of nitrogens with one attached hydrogen (secondary N) is 2. The zero-order chi connectivity index (χ0) is 16.8. The van der Waals surface area contributed by atoms with E-state index in [4.69, 9.17) is 4.74 Å². The van der Waals surface area contributed by atoms with Crippen LogP contribution in [-0.4, -0.2) is 23.7 Å². The maximum Gasteiger partial charge on any atom is 0.315 e. The molecule has 0 aliphatic carbocycles. The lowest BCUT2D eigenvalue weighted by Crippen LogP contribution is -2.42.